The molecule has 1 aromatic rings. The van der Waals surface area contributed by atoms with Gasteiger partial charge < -0.3 is 19.7 Å². The van der Waals surface area contributed by atoms with E-state index in [0.717, 1.165) is 12.0 Å². The maximum Gasteiger partial charge on any atom is 0.317 e. The number of halogens is 1. The second-order valence-corrected chi connectivity index (χ2v) is 5.78. The second-order valence-electron chi connectivity index (χ2n) is 5.38. The van der Waals surface area contributed by atoms with Crippen molar-refractivity contribution in [1.82, 2.24) is 10.2 Å². The zero-order chi connectivity index (χ0) is 15.9. The van der Waals surface area contributed by atoms with Gasteiger partial charge >= 0.3 is 6.03 Å². The molecule has 0 aliphatic carbocycles. The van der Waals surface area contributed by atoms with Crippen molar-refractivity contribution in [3.8, 4) is 0 Å². The van der Waals surface area contributed by atoms with Crippen molar-refractivity contribution in [2.24, 2.45) is 0 Å². The zero-order valence-corrected chi connectivity index (χ0v) is 13.8. The van der Waals surface area contributed by atoms with E-state index in [2.05, 4.69) is 5.32 Å². The van der Waals surface area contributed by atoms with E-state index in [4.69, 9.17) is 21.1 Å². The lowest BCUT2D eigenvalue weighted by Gasteiger charge is -2.27. The molecule has 0 spiro atoms. The van der Waals surface area contributed by atoms with Crippen molar-refractivity contribution >= 4 is 17.6 Å². The van der Waals surface area contributed by atoms with Gasteiger partial charge in [0.25, 0.3) is 0 Å². The van der Waals surface area contributed by atoms with Crippen LogP contribution < -0.4 is 5.32 Å². The SMILES string of the molecule is CO[C@H](CNC(=O)N1CCOCC[C@@H]1C)c1ccccc1Cl. The molecule has 2 amide bonds. The molecule has 0 saturated carbocycles. The van der Waals surface area contributed by atoms with Gasteiger partial charge in [0.1, 0.15) is 6.10 Å². The van der Waals surface area contributed by atoms with Gasteiger partial charge in [-0.3, -0.25) is 0 Å². The average molecular weight is 327 g/mol. The lowest BCUT2D eigenvalue weighted by Crippen LogP contribution is -2.46. The van der Waals surface area contributed by atoms with Gasteiger partial charge in [-0.05, 0) is 19.4 Å². The first-order chi connectivity index (χ1) is 10.6. The normalized spacial score (nSPS) is 20.3. The van der Waals surface area contributed by atoms with Crippen molar-refractivity contribution < 1.29 is 14.3 Å². The van der Waals surface area contributed by atoms with Gasteiger partial charge in [-0.1, -0.05) is 29.8 Å². The Morgan fingerprint density at radius 3 is 3.00 bits per heavy atom. The number of nitrogens with zero attached hydrogens (tertiary/aromatic N) is 1. The van der Waals surface area contributed by atoms with Crippen LogP contribution in [0.3, 0.4) is 0 Å². The number of hydrogen-bond acceptors (Lipinski definition) is 3. The highest BCUT2D eigenvalue weighted by atomic mass is 35.5. The Balaban J connectivity index is 1.95. The molecule has 1 N–H and O–H groups in total. The number of amides is 2. The molecule has 1 heterocycles. The van der Waals surface area contributed by atoms with Gasteiger partial charge in [-0.2, -0.15) is 0 Å². The van der Waals surface area contributed by atoms with Crippen LogP contribution in [0, 0.1) is 0 Å². The minimum atomic E-state index is -0.267. The van der Waals surface area contributed by atoms with Gasteiger partial charge in [0.05, 0.1) is 6.61 Å². The number of rotatable bonds is 4. The highest BCUT2D eigenvalue weighted by Gasteiger charge is 2.23. The smallest absolute Gasteiger partial charge is 0.317 e. The van der Waals surface area contributed by atoms with Crippen molar-refractivity contribution in [3.05, 3.63) is 34.9 Å². The van der Waals surface area contributed by atoms with Crippen molar-refractivity contribution in [1.29, 1.82) is 0 Å². The summed E-state index contributed by atoms with van der Waals surface area (Å²) in [4.78, 5) is 14.2. The lowest BCUT2D eigenvalue weighted by atomic mass is 10.1. The van der Waals surface area contributed by atoms with Crippen LogP contribution in [0.5, 0.6) is 0 Å². The summed E-state index contributed by atoms with van der Waals surface area (Å²) in [5, 5.41) is 3.57. The predicted octanol–water partition coefficient (Wildman–Crippen LogP) is 2.85. The minimum absolute atomic E-state index is 0.0906. The molecule has 0 unspecified atom stereocenters. The molecule has 0 bridgehead atoms. The third kappa shape index (κ3) is 4.35. The number of urea groups is 1. The molecule has 22 heavy (non-hydrogen) atoms. The van der Waals surface area contributed by atoms with Gasteiger partial charge in [0, 0.05) is 43.4 Å². The lowest BCUT2D eigenvalue weighted by molar-refractivity contribution is 0.0997. The van der Waals surface area contributed by atoms with E-state index in [-0.39, 0.29) is 18.2 Å². The first-order valence-corrected chi connectivity index (χ1v) is 7.90. The first-order valence-electron chi connectivity index (χ1n) is 7.53. The second kappa shape index (κ2) is 8.36. The third-order valence-electron chi connectivity index (χ3n) is 3.92. The molecule has 2 rings (SSSR count). The summed E-state index contributed by atoms with van der Waals surface area (Å²) in [7, 11) is 1.61. The van der Waals surface area contributed by atoms with Crippen LogP contribution in [0.4, 0.5) is 4.79 Å². The fourth-order valence-electron chi connectivity index (χ4n) is 2.53. The standard InChI is InChI=1S/C16H23ClN2O3/c1-12-7-9-22-10-8-19(12)16(20)18-11-15(21-2)13-5-3-4-6-14(13)17/h3-6,12,15H,7-11H2,1-2H3,(H,18,20)/t12-,15+/m0/s1. The number of methoxy groups -OCH3 is 1. The molecule has 6 heteroatoms. The van der Waals surface area contributed by atoms with Crippen LogP contribution in [0.15, 0.2) is 24.3 Å². The topological polar surface area (TPSA) is 50.8 Å². The summed E-state index contributed by atoms with van der Waals surface area (Å²) in [5.41, 5.74) is 0.874. The molecule has 0 radical (unpaired) electrons. The maximum atomic E-state index is 12.4. The van der Waals surface area contributed by atoms with Crippen LogP contribution >= 0.6 is 11.6 Å². The molecule has 1 aliphatic heterocycles. The van der Waals surface area contributed by atoms with Gasteiger partial charge in [0.15, 0.2) is 0 Å². The Labute approximate surface area is 136 Å². The fourth-order valence-corrected chi connectivity index (χ4v) is 2.79. The summed E-state index contributed by atoms with van der Waals surface area (Å²) >= 11 is 6.19. The number of carbonyl (C=O) groups excluding carboxylic acids is 1. The molecule has 1 aliphatic rings. The van der Waals surface area contributed by atoms with Crippen LogP contribution in [0.2, 0.25) is 5.02 Å². The Morgan fingerprint density at radius 1 is 1.50 bits per heavy atom. The molecule has 5 nitrogen and oxygen atoms in total. The van der Waals surface area contributed by atoms with Crippen LogP contribution in [-0.4, -0.2) is 50.4 Å². The number of ether oxygens (including phenoxy) is 2. The van der Waals surface area contributed by atoms with Crippen LogP contribution in [-0.2, 0) is 9.47 Å². The monoisotopic (exact) mass is 326 g/mol. The Kier molecular flexibility index (Phi) is 6.49. The number of hydrogen-bond donors (Lipinski definition) is 1. The number of benzene rings is 1. The van der Waals surface area contributed by atoms with Crippen LogP contribution in [0.25, 0.3) is 0 Å². The molecule has 122 valence electrons. The molecule has 1 saturated heterocycles. The van der Waals surface area contributed by atoms with Crippen LogP contribution in [0.1, 0.15) is 25.0 Å². The number of nitrogens with one attached hydrogen (secondary N) is 1. The Morgan fingerprint density at radius 2 is 2.27 bits per heavy atom. The molecule has 0 aromatic heterocycles. The Hall–Kier alpha value is -1.30. The molecule has 1 fully saturated rings. The largest absolute Gasteiger partial charge is 0.380 e. The molecule has 2 atom stereocenters. The van der Waals surface area contributed by atoms with Gasteiger partial charge in [0.2, 0.25) is 0 Å². The zero-order valence-electron chi connectivity index (χ0n) is 13.0. The van der Waals surface area contributed by atoms with E-state index < -0.39 is 0 Å². The Bertz CT molecular complexity index is 498. The van der Waals surface area contributed by atoms with Crippen molar-refractivity contribution in [3.63, 3.8) is 0 Å². The van der Waals surface area contributed by atoms with E-state index in [1.54, 1.807) is 7.11 Å². The van der Waals surface area contributed by atoms with E-state index in [1.165, 1.54) is 0 Å². The van der Waals surface area contributed by atoms with E-state index in [9.17, 15) is 4.79 Å². The van der Waals surface area contributed by atoms with Crippen molar-refractivity contribution in [2.75, 3.05) is 33.4 Å². The highest BCUT2D eigenvalue weighted by Crippen LogP contribution is 2.24. The van der Waals surface area contributed by atoms with Gasteiger partial charge in [-0.15, -0.1) is 0 Å². The van der Waals surface area contributed by atoms with E-state index >= 15 is 0 Å². The van der Waals surface area contributed by atoms with Gasteiger partial charge in [-0.25, -0.2) is 4.79 Å². The first kappa shape index (κ1) is 17.1. The predicted molar refractivity (Wildman–Crippen MR) is 86.2 cm³/mol. The highest BCUT2D eigenvalue weighted by molar-refractivity contribution is 6.31. The maximum absolute atomic E-state index is 12.4. The molecule has 1 aromatic carbocycles. The third-order valence-corrected chi connectivity index (χ3v) is 4.27. The molecular weight excluding hydrogens is 304 g/mol. The summed E-state index contributed by atoms with van der Waals surface area (Å²) < 4.78 is 10.9. The fraction of sp³-hybridized carbons (Fsp3) is 0.562. The molecular formula is C16H23ClN2O3. The average Bonchev–Trinajstić information content (AvgIpc) is 2.74. The van der Waals surface area contributed by atoms with Crippen molar-refractivity contribution in [2.45, 2.75) is 25.5 Å². The summed E-state index contributed by atoms with van der Waals surface area (Å²) in [6.45, 7) is 4.30. The summed E-state index contributed by atoms with van der Waals surface area (Å²) in [5.74, 6) is 0. The number of carbonyl (C=O) groups is 1. The summed E-state index contributed by atoms with van der Waals surface area (Å²) in [6.07, 6.45) is 0.585. The van der Waals surface area contributed by atoms with E-state index in [1.807, 2.05) is 36.1 Å². The van der Waals surface area contributed by atoms with E-state index in [0.29, 0.717) is 31.3 Å². The summed E-state index contributed by atoms with van der Waals surface area (Å²) in [6, 6.07) is 7.58. The minimum Gasteiger partial charge on any atom is -0.380 e. The quantitative estimate of drug-likeness (QED) is 0.925.